The van der Waals surface area contributed by atoms with Crippen LogP contribution in [0.1, 0.15) is 44.8 Å². The topological polar surface area (TPSA) is 96.5 Å². The van der Waals surface area contributed by atoms with Crippen molar-refractivity contribution >= 4 is 46.9 Å². The fourth-order valence-electron chi connectivity index (χ4n) is 4.85. The minimum absolute atomic E-state index is 0.0704. The smallest absolute Gasteiger partial charge is 0.272 e. The summed E-state index contributed by atoms with van der Waals surface area (Å²) in [5.74, 6) is -0.358. The number of anilines is 2. The number of amides is 3. The lowest BCUT2D eigenvalue weighted by atomic mass is 10.1. The first-order valence-electron chi connectivity index (χ1n) is 15.6. The van der Waals surface area contributed by atoms with Crippen molar-refractivity contribution in [3.05, 3.63) is 161 Å². The summed E-state index contributed by atoms with van der Waals surface area (Å²) >= 11 is 1.38. The fourth-order valence-corrected chi connectivity index (χ4v) is 5.93. The zero-order valence-corrected chi connectivity index (χ0v) is 27.8. The van der Waals surface area contributed by atoms with Crippen LogP contribution in [0.3, 0.4) is 0 Å². The fraction of sp³-hybridized carbons (Fsp3) is 0.125. The van der Waals surface area contributed by atoms with Crippen molar-refractivity contribution in [1.29, 1.82) is 0 Å². The number of rotatable bonds is 12. The minimum Gasteiger partial charge on any atom is -0.494 e. The number of nitrogens with one attached hydrogen (secondary N) is 3. The summed E-state index contributed by atoms with van der Waals surface area (Å²) in [5.41, 5.74) is 5.54. The average Bonchev–Trinajstić information content (AvgIpc) is 3.10. The highest BCUT2D eigenvalue weighted by atomic mass is 32.2. The highest BCUT2D eigenvalue weighted by Crippen LogP contribution is 2.37. The Bertz CT molecular complexity index is 1910. The number of carbonyl (C=O) groups is 3. The van der Waals surface area contributed by atoms with Crippen LogP contribution in [0.2, 0.25) is 0 Å². The van der Waals surface area contributed by atoms with Crippen LogP contribution < -0.4 is 20.7 Å². The van der Waals surface area contributed by atoms with Crippen LogP contribution in [0, 0.1) is 13.8 Å². The van der Waals surface area contributed by atoms with Crippen molar-refractivity contribution in [2.24, 2.45) is 0 Å². The molecule has 0 aromatic heterocycles. The molecule has 0 spiro atoms. The molecule has 8 heteroatoms. The van der Waals surface area contributed by atoms with E-state index in [1.165, 1.54) is 11.8 Å². The van der Waals surface area contributed by atoms with E-state index < -0.39 is 17.1 Å². The standard InChI is InChI=1S/C40H37N3O4S/c1-4-47-34-22-19-29(20-23-34)25-36(43-38(44)31-14-9-6-10-15-31)39(45)41-32-16-11-17-35(26-32)48-37(30-12-7-5-8-13-30)40(46)42-33-21-18-27(2)28(3)24-33/h5-26,37H,4H2,1-3H3,(H,41,45)(H,42,46)(H,43,44)/b36-25+. The lowest BCUT2D eigenvalue weighted by Crippen LogP contribution is -2.30. The molecule has 1 atom stereocenters. The first-order chi connectivity index (χ1) is 23.3. The Balaban J connectivity index is 1.37. The molecule has 5 aromatic carbocycles. The largest absolute Gasteiger partial charge is 0.494 e. The molecular formula is C40H37N3O4S. The van der Waals surface area contributed by atoms with E-state index in [9.17, 15) is 14.4 Å². The SMILES string of the molecule is CCOc1ccc(/C=C(/NC(=O)c2ccccc2)C(=O)Nc2cccc(SC(C(=O)Nc3ccc(C)c(C)c3)c3ccccc3)c2)cc1. The second kappa shape index (κ2) is 16.3. The van der Waals surface area contributed by atoms with Crippen molar-refractivity contribution in [3.63, 3.8) is 0 Å². The van der Waals surface area contributed by atoms with E-state index in [1.54, 1.807) is 36.4 Å². The second-order valence-electron chi connectivity index (χ2n) is 11.1. The van der Waals surface area contributed by atoms with Crippen molar-refractivity contribution in [2.45, 2.75) is 30.9 Å². The molecule has 0 radical (unpaired) electrons. The number of carbonyl (C=O) groups excluding carboxylic acids is 3. The zero-order chi connectivity index (χ0) is 33.9. The Labute approximate surface area is 285 Å². The summed E-state index contributed by atoms with van der Waals surface area (Å²) in [4.78, 5) is 41.2. The first kappa shape index (κ1) is 33.8. The van der Waals surface area contributed by atoms with Crippen LogP contribution in [-0.4, -0.2) is 24.3 Å². The molecule has 5 rings (SSSR count). The molecule has 3 N–H and O–H groups in total. The lowest BCUT2D eigenvalue weighted by molar-refractivity contribution is -0.116. The van der Waals surface area contributed by atoms with E-state index >= 15 is 0 Å². The van der Waals surface area contributed by atoms with Crippen LogP contribution in [0.15, 0.2) is 138 Å². The van der Waals surface area contributed by atoms with Crippen molar-refractivity contribution in [3.8, 4) is 5.75 Å². The Morgan fingerprint density at radius 2 is 1.42 bits per heavy atom. The van der Waals surface area contributed by atoms with Crippen LogP contribution in [0.5, 0.6) is 5.75 Å². The molecule has 0 fully saturated rings. The molecule has 0 bridgehead atoms. The predicted molar refractivity (Wildman–Crippen MR) is 194 cm³/mol. The molecule has 242 valence electrons. The highest BCUT2D eigenvalue weighted by molar-refractivity contribution is 8.00. The molecule has 3 amide bonds. The van der Waals surface area contributed by atoms with Crippen LogP contribution in [0.25, 0.3) is 6.08 Å². The van der Waals surface area contributed by atoms with Gasteiger partial charge in [-0.25, -0.2) is 0 Å². The van der Waals surface area contributed by atoms with E-state index in [4.69, 9.17) is 4.74 Å². The molecule has 5 aromatic rings. The molecule has 0 aliphatic carbocycles. The third kappa shape index (κ3) is 9.24. The van der Waals surface area contributed by atoms with Gasteiger partial charge in [-0.15, -0.1) is 11.8 Å². The van der Waals surface area contributed by atoms with Crippen molar-refractivity contribution in [1.82, 2.24) is 5.32 Å². The Morgan fingerprint density at radius 1 is 0.729 bits per heavy atom. The maximum Gasteiger partial charge on any atom is 0.272 e. The summed E-state index contributed by atoms with van der Waals surface area (Å²) in [7, 11) is 0. The number of hydrogen-bond donors (Lipinski definition) is 3. The normalized spacial score (nSPS) is 11.7. The van der Waals surface area contributed by atoms with Crippen LogP contribution in [-0.2, 0) is 9.59 Å². The van der Waals surface area contributed by atoms with Gasteiger partial charge in [-0.05, 0) is 104 Å². The molecular weight excluding hydrogens is 619 g/mol. The molecule has 0 heterocycles. The molecule has 0 saturated heterocycles. The summed E-state index contributed by atoms with van der Waals surface area (Å²) in [5, 5.41) is 8.21. The average molecular weight is 656 g/mol. The van der Waals surface area contributed by atoms with E-state index in [1.807, 2.05) is 118 Å². The van der Waals surface area contributed by atoms with Gasteiger partial charge in [0.15, 0.2) is 0 Å². The van der Waals surface area contributed by atoms with Gasteiger partial charge in [-0.2, -0.15) is 0 Å². The van der Waals surface area contributed by atoms with Gasteiger partial charge in [-0.1, -0.05) is 72.8 Å². The lowest BCUT2D eigenvalue weighted by Gasteiger charge is -2.18. The Morgan fingerprint density at radius 3 is 2.10 bits per heavy atom. The van der Waals surface area contributed by atoms with Gasteiger partial charge in [0.05, 0.1) is 6.61 Å². The van der Waals surface area contributed by atoms with Gasteiger partial charge >= 0.3 is 0 Å². The number of benzene rings is 5. The van der Waals surface area contributed by atoms with Crippen LogP contribution >= 0.6 is 11.8 Å². The molecule has 0 aliphatic heterocycles. The summed E-state index contributed by atoms with van der Waals surface area (Å²) in [6.45, 7) is 6.49. The van der Waals surface area contributed by atoms with Crippen molar-refractivity contribution in [2.75, 3.05) is 17.2 Å². The van der Waals surface area contributed by atoms with E-state index in [0.717, 1.165) is 27.3 Å². The molecule has 0 saturated carbocycles. The van der Waals surface area contributed by atoms with Gasteiger partial charge in [-0.3, -0.25) is 14.4 Å². The van der Waals surface area contributed by atoms with E-state index in [0.29, 0.717) is 29.2 Å². The summed E-state index contributed by atoms with van der Waals surface area (Å²) in [6, 6.07) is 38.7. The second-order valence-corrected chi connectivity index (χ2v) is 12.2. The summed E-state index contributed by atoms with van der Waals surface area (Å²) in [6.07, 6.45) is 1.62. The minimum atomic E-state index is -0.556. The Hall–Kier alpha value is -5.60. The van der Waals surface area contributed by atoms with E-state index in [-0.39, 0.29) is 11.6 Å². The predicted octanol–water partition coefficient (Wildman–Crippen LogP) is 8.58. The number of thioether (sulfide) groups is 1. The maximum atomic E-state index is 13.7. The van der Waals surface area contributed by atoms with Gasteiger partial charge in [0.2, 0.25) is 5.91 Å². The number of ether oxygens (including phenoxy) is 1. The van der Waals surface area contributed by atoms with Gasteiger partial charge in [0.1, 0.15) is 16.7 Å². The summed E-state index contributed by atoms with van der Waals surface area (Å²) < 4.78 is 5.54. The number of hydrogen-bond acceptors (Lipinski definition) is 5. The van der Waals surface area contributed by atoms with Crippen molar-refractivity contribution < 1.29 is 19.1 Å². The quantitative estimate of drug-likeness (QED) is 0.0924. The molecule has 48 heavy (non-hydrogen) atoms. The van der Waals surface area contributed by atoms with Gasteiger partial charge in [0, 0.05) is 21.8 Å². The van der Waals surface area contributed by atoms with Gasteiger partial charge < -0.3 is 20.7 Å². The third-order valence-corrected chi connectivity index (χ3v) is 8.74. The zero-order valence-electron chi connectivity index (χ0n) is 27.0. The Kier molecular flexibility index (Phi) is 11.5. The molecule has 1 unspecified atom stereocenters. The number of aryl methyl sites for hydroxylation is 2. The van der Waals surface area contributed by atoms with Gasteiger partial charge in [0.25, 0.3) is 11.8 Å². The third-order valence-electron chi connectivity index (χ3n) is 7.49. The molecule has 0 aliphatic rings. The van der Waals surface area contributed by atoms with Crippen LogP contribution in [0.4, 0.5) is 11.4 Å². The highest BCUT2D eigenvalue weighted by Gasteiger charge is 2.23. The first-order valence-corrected chi connectivity index (χ1v) is 16.5. The molecule has 7 nitrogen and oxygen atoms in total. The monoisotopic (exact) mass is 655 g/mol. The van der Waals surface area contributed by atoms with E-state index in [2.05, 4.69) is 16.0 Å². The maximum absolute atomic E-state index is 13.7.